The van der Waals surface area contributed by atoms with Crippen LogP contribution in [0.1, 0.15) is 19.4 Å². The summed E-state index contributed by atoms with van der Waals surface area (Å²) in [6, 6.07) is 8.85. The van der Waals surface area contributed by atoms with Crippen molar-refractivity contribution in [2.75, 3.05) is 51.2 Å². The third-order valence-electron chi connectivity index (χ3n) is 4.05. The second-order valence-corrected chi connectivity index (χ2v) is 6.80. The van der Waals surface area contributed by atoms with Crippen LogP contribution in [0.3, 0.4) is 0 Å². The highest BCUT2D eigenvalue weighted by Crippen LogP contribution is 2.20. The van der Waals surface area contributed by atoms with Gasteiger partial charge in [0.05, 0.1) is 0 Å². The Hall–Kier alpha value is -1.06. The van der Waals surface area contributed by atoms with E-state index in [1.54, 1.807) is 0 Å². The number of nitrogens with zero attached hydrogens (tertiary/aromatic N) is 2. The summed E-state index contributed by atoms with van der Waals surface area (Å²) in [5, 5.41) is 3.30. The van der Waals surface area contributed by atoms with Crippen molar-refractivity contribution in [1.82, 2.24) is 10.2 Å². The van der Waals surface area contributed by atoms with Gasteiger partial charge in [-0.2, -0.15) is 0 Å². The summed E-state index contributed by atoms with van der Waals surface area (Å²) < 4.78 is 0. The van der Waals surface area contributed by atoms with Crippen LogP contribution in [0, 0.1) is 12.3 Å². The number of nitrogens with one attached hydrogen (secondary N) is 1. The lowest BCUT2D eigenvalue weighted by Crippen LogP contribution is -2.50. The Morgan fingerprint density at radius 3 is 2.45 bits per heavy atom. The minimum absolute atomic E-state index is 0.347. The van der Waals surface area contributed by atoms with Crippen molar-refractivity contribution in [2.24, 2.45) is 5.41 Å². The molecule has 1 aliphatic heterocycles. The highest BCUT2D eigenvalue weighted by Gasteiger charge is 2.24. The standard InChI is InChI=1S/C17H29N3/c1-15-6-5-7-16(12-15)20-10-8-19(9-11-20)14-17(2,3)13-18-4/h5-7,12,18H,8-11,13-14H2,1-4H3. The first-order chi connectivity index (χ1) is 9.50. The molecule has 0 radical (unpaired) electrons. The fourth-order valence-corrected chi connectivity index (χ4v) is 3.13. The Bertz CT molecular complexity index is 420. The number of aryl methyl sites for hydroxylation is 1. The van der Waals surface area contributed by atoms with Crippen molar-refractivity contribution >= 4 is 5.69 Å². The topological polar surface area (TPSA) is 18.5 Å². The third-order valence-corrected chi connectivity index (χ3v) is 4.05. The van der Waals surface area contributed by atoms with Crippen LogP contribution in [0.5, 0.6) is 0 Å². The molecule has 0 amide bonds. The lowest BCUT2D eigenvalue weighted by Gasteiger charge is -2.40. The smallest absolute Gasteiger partial charge is 0.0369 e. The molecular weight excluding hydrogens is 246 g/mol. The van der Waals surface area contributed by atoms with Gasteiger partial charge in [-0.15, -0.1) is 0 Å². The maximum Gasteiger partial charge on any atom is 0.0369 e. The molecule has 3 nitrogen and oxygen atoms in total. The van der Waals surface area contributed by atoms with Crippen molar-refractivity contribution in [2.45, 2.75) is 20.8 Å². The second-order valence-electron chi connectivity index (χ2n) is 6.80. The van der Waals surface area contributed by atoms with Gasteiger partial charge in [0.15, 0.2) is 0 Å². The molecule has 1 aromatic rings. The second kappa shape index (κ2) is 6.59. The van der Waals surface area contributed by atoms with E-state index in [2.05, 4.69) is 60.2 Å². The highest BCUT2D eigenvalue weighted by molar-refractivity contribution is 5.48. The lowest BCUT2D eigenvalue weighted by molar-refractivity contribution is 0.168. The Morgan fingerprint density at radius 2 is 1.85 bits per heavy atom. The molecule has 112 valence electrons. The molecule has 0 saturated carbocycles. The lowest BCUT2D eigenvalue weighted by atomic mass is 9.92. The predicted molar refractivity (Wildman–Crippen MR) is 87.5 cm³/mol. The fraction of sp³-hybridized carbons (Fsp3) is 0.647. The Balaban J connectivity index is 1.86. The molecule has 1 fully saturated rings. The zero-order valence-corrected chi connectivity index (χ0v) is 13.4. The molecule has 1 aliphatic rings. The first-order valence-corrected chi connectivity index (χ1v) is 7.69. The number of rotatable bonds is 5. The number of anilines is 1. The van der Waals surface area contributed by atoms with Gasteiger partial charge in [0.1, 0.15) is 0 Å². The van der Waals surface area contributed by atoms with Crippen molar-refractivity contribution in [3.63, 3.8) is 0 Å². The highest BCUT2D eigenvalue weighted by atomic mass is 15.3. The van der Waals surface area contributed by atoms with E-state index in [0.717, 1.165) is 19.6 Å². The van der Waals surface area contributed by atoms with E-state index in [-0.39, 0.29) is 0 Å². The van der Waals surface area contributed by atoms with Crippen LogP contribution < -0.4 is 10.2 Å². The molecule has 2 rings (SSSR count). The molecule has 0 bridgehead atoms. The van der Waals surface area contributed by atoms with E-state index in [1.165, 1.54) is 30.9 Å². The van der Waals surface area contributed by atoms with E-state index in [9.17, 15) is 0 Å². The van der Waals surface area contributed by atoms with Gasteiger partial charge in [-0.25, -0.2) is 0 Å². The molecule has 1 N–H and O–H groups in total. The van der Waals surface area contributed by atoms with E-state index in [4.69, 9.17) is 0 Å². The van der Waals surface area contributed by atoms with E-state index >= 15 is 0 Å². The van der Waals surface area contributed by atoms with Crippen molar-refractivity contribution in [3.05, 3.63) is 29.8 Å². The molecule has 0 aromatic heterocycles. The van der Waals surface area contributed by atoms with Crippen LogP contribution in [0.25, 0.3) is 0 Å². The van der Waals surface area contributed by atoms with Gasteiger partial charge >= 0.3 is 0 Å². The largest absolute Gasteiger partial charge is 0.369 e. The van der Waals surface area contributed by atoms with Crippen LogP contribution in [0.4, 0.5) is 5.69 Å². The van der Waals surface area contributed by atoms with Crippen molar-refractivity contribution < 1.29 is 0 Å². The van der Waals surface area contributed by atoms with Gasteiger partial charge in [-0.1, -0.05) is 26.0 Å². The van der Waals surface area contributed by atoms with Crippen LogP contribution in [0.2, 0.25) is 0 Å². The van der Waals surface area contributed by atoms with Gasteiger partial charge < -0.3 is 10.2 Å². The normalized spacial score (nSPS) is 17.5. The fourth-order valence-electron chi connectivity index (χ4n) is 3.13. The molecule has 0 atom stereocenters. The van der Waals surface area contributed by atoms with Crippen LogP contribution in [0.15, 0.2) is 24.3 Å². The first kappa shape index (κ1) is 15.3. The Morgan fingerprint density at radius 1 is 1.15 bits per heavy atom. The van der Waals surface area contributed by atoms with Crippen molar-refractivity contribution in [3.8, 4) is 0 Å². The quantitative estimate of drug-likeness (QED) is 0.890. The molecular formula is C17H29N3. The van der Waals surface area contributed by atoms with Gasteiger partial charge in [0, 0.05) is 45.0 Å². The molecule has 0 unspecified atom stereocenters. The minimum Gasteiger partial charge on any atom is -0.369 e. The monoisotopic (exact) mass is 275 g/mol. The summed E-state index contributed by atoms with van der Waals surface area (Å²) in [6.07, 6.45) is 0. The maximum atomic E-state index is 3.30. The summed E-state index contributed by atoms with van der Waals surface area (Å²) in [6.45, 7) is 13.7. The molecule has 3 heteroatoms. The van der Waals surface area contributed by atoms with E-state index in [1.807, 2.05) is 7.05 Å². The molecule has 1 saturated heterocycles. The predicted octanol–water partition coefficient (Wildman–Crippen LogP) is 2.36. The average molecular weight is 275 g/mol. The summed E-state index contributed by atoms with van der Waals surface area (Å²) in [4.78, 5) is 5.11. The zero-order valence-electron chi connectivity index (χ0n) is 13.4. The van der Waals surface area contributed by atoms with Crippen LogP contribution >= 0.6 is 0 Å². The SMILES string of the molecule is CNCC(C)(C)CN1CCN(c2cccc(C)c2)CC1. The van der Waals surface area contributed by atoms with Crippen LogP contribution in [-0.2, 0) is 0 Å². The maximum absolute atomic E-state index is 3.30. The summed E-state index contributed by atoms with van der Waals surface area (Å²) >= 11 is 0. The molecule has 0 spiro atoms. The van der Waals surface area contributed by atoms with Crippen molar-refractivity contribution in [1.29, 1.82) is 0 Å². The first-order valence-electron chi connectivity index (χ1n) is 7.69. The summed E-state index contributed by atoms with van der Waals surface area (Å²) in [7, 11) is 2.04. The van der Waals surface area contributed by atoms with E-state index in [0.29, 0.717) is 5.41 Å². The van der Waals surface area contributed by atoms with Crippen LogP contribution in [-0.4, -0.2) is 51.2 Å². The van der Waals surface area contributed by atoms with Gasteiger partial charge in [0.2, 0.25) is 0 Å². The average Bonchev–Trinajstić information content (AvgIpc) is 2.39. The summed E-state index contributed by atoms with van der Waals surface area (Å²) in [5.41, 5.74) is 3.07. The Kier molecular flexibility index (Phi) is 5.06. The number of piperazine rings is 1. The van der Waals surface area contributed by atoms with Gasteiger partial charge in [0.25, 0.3) is 0 Å². The van der Waals surface area contributed by atoms with Gasteiger partial charge in [-0.05, 0) is 37.1 Å². The van der Waals surface area contributed by atoms with E-state index < -0.39 is 0 Å². The summed E-state index contributed by atoms with van der Waals surface area (Å²) in [5.74, 6) is 0. The number of hydrogen-bond donors (Lipinski definition) is 1. The molecule has 20 heavy (non-hydrogen) atoms. The Labute approximate surface area is 124 Å². The third kappa shape index (κ3) is 4.22. The molecule has 1 aromatic carbocycles. The zero-order chi connectivity index (χ0) is 14.6. The molecule has 0 aliphatic carbocycles. The van der Waals surface area contributed by atoms with Gasteiger partial charge in [-0.3, -0.25) is 4.90 Å². The number of benzene rings is 1. The molecule has 1 heterocycles. The number of hydrogen-bond acceptors (Lipinski definition) is 3. The minimum atomic E-state index is 0.347.